The zero-order chi connectivity index (χ0) is 18.1. The molecule has 1 atom stereocenters. The standard InChI is InChI=1S/C18H20N4O3S/c1-3-26-18-20-13-7-6-12(10-15(13)24-18)19-17(23)22-8-4-5-14(22)16-9-11(2)21-25-16/h6-7,9-10,14H,3-5,8H2,1-2H3,(H,19,23)/t14-/m0/s1. The van der Waals surface area contributed by atoms with Crippen LogP contribution in [0.3, 0.4) is 0 Å². The van der Waals surface area contributed by atoms with Crippen LogP contribution in [-0.2, 0) is 0 Å². The first-order valence-corrected chi connectivity index (χ1v) is 9.67. The highest BCUT2D eigenvalue weighted by molar-refractivity contribution is 7.99. The molecule has 1 aromatic carbocycles. The van der Waals surface area contributed by atoms with E-state index in [2.05, 4.69) is 15.5 Å². The molecule has 2 aromatic heterocycles. The normalized spacial score (nSPS) is 17.2. The van der Waals surface area contributed by atoms with Crippen molar-refractivity contribution in [2.45, 2.75) is 38.0 Å². The molecule has 0 saturated carbocycles. The molecule has 0 unspecified atom stereocenters. The summed E-state index contributed by atoms with van der Waals surface area (Å²) >= 11 is 1.55. The number of oxazole rings is 1. The Morgan fingerprint density at radius 1 is 1.42 bits per heavy atom. The predicted octanol–water partition coefficient (Wildman–Crippen LogP) is 4.61. The molecule has 3 aromatic rings. The third kappa shape index (κ3) is 3.29. The van der Waals surface area contributed by atoms with Gasteiger partial charge in [0, 0.05) is 24.4 Å². The lowest BCUT2D eigenvalue weighted by Crippen LogP contribution is -2.34. The number of aryl methyl sites for hydroxylation is 1. The van der Waals surface area contributed by atoms with Crippen LogP contribution in [0, 0.1) is 6.92 Å². The summed E-state index contributed by atoms with van der Waals surface area (Å²) in [5.74, 6) is 1.63. The maximum atomic E-state index is 12.8. The van der Waals surface area contributed by atoms with Crippen LogP contribution in [0.15, 0.2) is 38.4 Å². The maximum absolute atomic E-state index is 12.8. The third-order valence-corrected chi connectivity index (χ3v) is 5.09. The first-order valence-electron chi connectivity index (χ1n) is 8.68. The lowest BCUT2D eigenvalue weighted by Gasteiger charge is -2.23. The molecule has 4 rings (SSSR count). The van der Waals surface area contributed by atoms with E-state index in [0.29, 0.717) is 23.0 Å². The number of nitrogens with zero attached hydrogens (tertiary/aromatic N) is 3. The number of amides is 2. The molecule has 8 heteroatoms. The molecule has 0 aliphatic carbocycles. The molecular weight excluding hydrogens is 352 g/mol. The molecule has 136 valence electrons. The van der Waals surface area contributed by atoms with Gasteiger partial charge in [0.15, 0.2) is 11.3 Å². The molecular formula is C18H20N4O3S. The van der Waals surface area contributed by atoms with Crippen LogP contribution in [0.2, 0.25) is 0 Å². The number of thioether (sulfide) groups is 1. The molecule has 1 fully saturated rings. The lowest BCUT2D eigenvalue weighted by atomic mass is 10.1. The van der Waals surface area contributed by atoms with E-state index in [-0.39, 0.29) is 12.1 Å². The number of carbonyl (C=O) groups excluding carboxylic acids is 1. The van der Waals surface area contributed by atoms with Crippen LogP contribution in [0.4, 0.5) is 10.5 Å². The Bertz CT molecular complexity index is 936. The summed E-state index contributed by atoms with van der Waals surface area (Å²) in [7, 11) is 0. The zero-order valence-corrected chi connectivity index (χ0v) is 15.5. The predicted molar refractivity (Wildman–Crippen MR) is 99.3 cm³/mol. The van der Waals surface area contributed by atoms with Gasteiger partial charge >= 0.3 is 6.03 Å². The minimum atomic E-state index is -0.149. The summed E-state index contributed by atoms with van der Waals surface area (Å²) in [6.07, 6.45) is 1.82. The van der Waals surface area contributed by atoms with Gasteiger partial charge in [-0.25, -0.2) is 9.78 Å². The van der Waals surface area contributed by atoms with Crippen molar-refractivity contribution in [1.29, 1.82) is 0 Å². The summed E-state index contributed by atoms with van der Waals surface area (Å²) in [6, 6.07) is 7.18. The Kier molecular flexibility index (Phi) is 4.58. The minimum absolute atomic E-state index is 0.0715. The largest absolute Gasteiger partial charge is 0.431 e. The van der Waals surface area contributed by atoms with Crippen LogP contribution in [0.5, 0.6) is 0 Å². The molecule has 0 spiro atoms. The fourth-order valence-corrected chi connectivity index (χ4v) is 3.77. The summed E-state index contributed by atoms with van der Waals surface area (Å²) < 4.78 is 11.1. The van der Waals surface area contributed by atoms with Gasteiger partial charge < -0.3 is 19.2 Å². The quantitative estimate of drug-likeness (QED) is 0.674. The van der Waals surface area contributed by atoms with Gasteiger partial charge in [0.2, 0.25) is 0 Å². The van der Waals surface area contributed by atoms with E-state index in [1.165, 1.54) is 0 Å². The van der Waals surface area contributed by atoms with Gasteiger partial charge in [-0.3, -0.25) is 0 Å². The second-order valence-corrected chi connectivity index (χ2v) is 7.46. The van der Waals surface area contributed by atoms with E-state index in [0.717, 1.165) is 35.6 Å². The number of aromatic nitrogens is 2. The van der Waals surface area contributed by atoms with Crippen LogP contribution in [0.25, 0.3) is 11.1 Å². The summed E-state index contributed by atoms with van der Waals surface area (Å²) in [5.41, 5.74) is 2.97. The number of hydrogen-bond acceptors (Lipinski definition) is 6. The fourth-order valence-electron chi connectivity index (χ4n) is 3.21. The number of likely N-dealkylation sites (tertiary alicyclic amines) is 1. The number of urea groups is 1. The summed E-state index contributed by atoms with van der Waals surface area (Å²) in [6.45, 7) is 4.62. The number of hydrogen-bond donors (Lipinski definition) is 1. The summed E-state index contributed by atoms with van der Waals surface area (Å²) in [4.78, 5) is 19.0. The molecule has 2 amide bonds. The average molecular weight is 372 g/mol. The van der Waals surface area contributed by atoms with Crippen molar-refractivity contribution in [2.75, 3.05) is 17.6 Å². The SMILES string of the molecule is CCSc1nc2ccc(NC(=O)N3CCC[C@H]3c3cc(C)no3)cc2o1. The Morgan fingerprint density at radius 3 is 3.08 bits per heavy atom. The van der Waals surface area contributed by atoms with Gasteiger partial charge in [-0.1, -0.05) is 23.8 Å². The topological polar surface area (TPSA) is 84.4 Å². The average Bonchev–Trinajstić information content (AvgIpc) is 3.32. The van der Waals surface area contributed by atoms with Crippen LogP contribution < -0.4 is 5.32 Å². The Hall–Kier alpha value is -2.48. The fraction of sp³-hybridized carbons (Fsp3) is 0.389. The molecule has 1 aliphatic rings. The van der Waals surface area contributed by atoms with Gasteiger partial charge in [0.1, 0.15) is 5.52 Å². The number of nitrogens with one attached hydrogen (secondary N) is 1. The van der Waals surface area contributed by atoms with Crippen molar-refractivity contribution >= 4 is 34.6 Å². The molecule has 1 saturated heterocycles. The highest BCUT2D eigenvalue weighted by atomic mass is 32.2. The molecule has 7 nitrogen and oxygen atoms in total. The van der Waals surface area contributed by atoms with E-state index in [1.54, 1.807) is 16.7 Å². The van der Waals surface area contributed by atoms with E-state index >= 15 is 0 Å². The first-order chi connectivity index (χ1) is 12.6. The van der Waals surface area contributed by atoms with Gasteiger partial charge in [-0.15, -0.1) is 0 Å². The zero-order valence-electron chi connectivity index (χ0n) is 14.7. The molecule has 26 heavy (non-hydrogen) atoms. The Balaban J connectivity index is 1.51. The van der Waals surface area contributed by atoms with E-state index in [1.807, 2.05) is 38.1 Å². The monoisotopic (exact) mass is 372 g/mol. The van der Waals surface area contributed by atoms with E-state index in [4.69, 9.17) is 8.94 Å². The smallest absolute Gasteiger partial charge is 0.322 e. The highest BCUT2D eigenvalue weighted by Crippen LogP contribution is 2.33. The Labute approximate surface area is 155 Å². The van der Waals surface area contributed by atoms with Crippen LogP contribution >= 0.6 is 11.8 Å². The molecule has 3 heterocycles. The number of fused-ring (bicyclic) bond motifs is 1. The van der Waals surface area contributed by atoms with Gasteiger partial charge in [-0.05, 0) is 37.7 Å². The van der Waals surface area contributed by atoms with E-state index in [9.17, 15) is 4.79 Å². The van der Waals surface area contributed by atoms with Crippen molar-refractivity contribution in [2.24, 2.45) is 0 Å². The Morgan fingerprint density at radius 2 is 2.31 bits per heavy atom. The second kappa shape index (κ2) is 7.03. The van der Waals surface area contributed by atoms with Crippen molar-refractivity contribution in [3.05, 3.63) is 35.7 Å². The van der Waals surface area contributed by atoms with Crippen molar-refractivity contribution < 1.29 is 13.7 Å². The van der Waals surface area contributed by atoms with Gasteiger partial charge in [0.05, 0.1) is 11.7 Å². The molecule has 1 N–H and O–H groups in total. The van der Waals surface area contributed by atoms with Crippen LogP contribution in [0.1, 0.15) is 37.3 Å². The molecule has 0 radical (unpaired) electrons. The number of benzene rings is 1. The first kappa shape index (κ1) is 17.0. The van der Waals surface area contributed by atoms with Crippen LogP contribution in [-0.4, -0.2) is 33.4 Å². The number of rotatable bonds is 4. The molecule has 0 bridgehead atoms. The third-order valence-electron chi connectivity index (χ3n) is 4.38. The number of carbonyl (C=O) groups is 1. The number of anilines is 1. The lowest BCUT2D eigenvalue weighted by molar-refractivity contribution is 0.195. The van der Waals surface area contributed by atoms with Crippen molar-refractivity contribution in [1.82, 2.24) is 15.0 Å². The van der Waals surface area contributed by atoms with E-state index < -0.39 is 0 Å². The van der Waals surface area contributed by atoms with Gasteiger partial charge in [-0.2, -0.15) is 0 Å². The maximum Gasteiger partial charge on any atom is 0.322 e. The second-order valence-electron chi connectivity index (χ2n) is 6.25. The highest BCUT2D eigenvalue weighted by Gasteiger charge is 2.32. The van der Waals surface area contributed by atoms with Crippen molar-refractivity contribution in [3.8, 4) is 0 Å². The minimum Gasteiger partial charge on any atom is -0.431 e. The van der Waals surface area contributed by atoms with Gasteiger partial charge in [0.25, 0.3) is 5.22 Å². The molecule has 1 aliphatic heterocycles. The summed E-state index contributed by atoms with van der Waals surface area (Å²) in [5, 5.41) is 7.53. The van der Waals surface area contributed by atoms with Crippen molar-refractivity contribution in [3.63, 3.8) is 0 Å².